The van der Waals surface area contributed by atoms with Crippen molar-refractivity contribution in [1.82, 2.24) is 0 Å². The first kappa shape index (κ1) is 18.5. The largest absolute Gasteiger partial charge is 1.00 e. The van der Waals surface area contributed by atoms with E-state index < -0.39 is 12.4 Å². The van der Waals surface area contributed by atoms with Gasteiger partial charge in [-0.3, -0.25) is 0 Å². The van der Waals surface area contributed by atoms with Gasteiger partial charge >= 0.3 is 58.4 Å². The summed E-state index contributed by atoms with van der Waals surface area (Å²) < 4.78 is 43.2. The molecule has 0 atom stereocenters. The van der Waals surface area contributed by atoms with Gasteiger partial charge in [0.15, 0.2) is 0 Å². The normalized spacial score (nSPS) is 11.3. The molecule has 6 heteroatoms. The molecule has 1 aromatic carbocycles. The Bertz CT molecular complexity index is 378. The minimum atomic E-state index is -4.93. The van der Waals surface area contributed by atoms with E-state index >= 15 is 0 Å². The molecule has 0 fully saturated rings. The first-order chi connectivity index (χ1) is 7.88. The maximum absolute atomic E-state index is 12.5. The van der Waals surface area contributed by atoms with Crippen LogP contribution in [-0.4, -0.2) is 13.1 Å². The molecule has 0 aliphatic rings. The minimum Gasteiger partial charge on any atom is -0.490 e. The van der Waals surface area contributed by atoms with Crippen LogP contribution in [0.3, 0.4) is 0 Å². The van der Waals surface area contributed by atoms with Crippen molar-refractivity contribution in [2.45, 2.75) is 39.7 Å². The average molecular weight is 284 g/mol. The van der Waals surface area contributed by atoms with Gasteiger partial charge in [0.2, 0.25) is 0 Å². The molecule has 0 amide bonds. The van der Waals surface area contributed by atoms with Crippen molar-refractivity contribution in [3.63, 3.8) is 0 Å². The third-order valence-electron chi connectivity index (χ3n) is 2.78. The summed E-state index contributed by atoms with van der Waals surface area (Å²) in [5.74, 6) is 0.544. The molecular formula is C12H17BF3KO. The van der Waals surface area contributed by atoms with Crippen molar-refractivity contribution in [2.75, 3.05) is 0 Å². The van der Waals surface area contributed by atoms with Crippen molar-refractivity contribution >= 4 is 12.4 Å². The van der Waals surface area contributed by atoms with E-state index in [0.29, 0.717) is 11.3 Å². The van der Waals surface area contributed by atoms with Gasteiger partial charge in [-0.1, -0.05) is 26.0 Å². The van der Waals surface area contributed by atoms with Gasteiger partial charge in [0.25, 0.3) is 0 Å². The van der Waals surface area contributed by atoms with Gasteiger partial charge in [0, 0.05) is 0 Å². The van der Waals surface area contributed by atoms with Gasteiger partial charge in [-0.25, -0.2) is 0 Å². The summed E-state index contributed by atoms with van der Waals surface area (Å²) >= 11 is 0. The van der Waals surface area contributed by atoms with Crippen LogP contribution in [0, 0.1) is 6.92 Å². The van der Waals surface area contributed by atoms with E-state index in [2.05, 4.69) is 0 Å². The molecule has 0 radical (unpaired) electrons. The second-order valence-corrected chi connectivity index (χ2v) is 4.16. The first-order valence-corrected chi connectivity index (χ1v) is 5.85. The summed E-state index contributed by atoms with van der Waals surface area (Å²) in [7, 11) is 0. The Labute approximate surface area is 149 Å². The van der Waals surface area contributed by atoms with Crippen LogP contribution < -0.4 is 61.6 Å². The molecule has 1 aromatic rings. The SMILES string of the molecule is CCC(CC)Oc1ccc([B-](F)(F)F)cc1C.[K+]. The van der Waals surface area contributed by atoms with Crippen LogP contribution in [0.25, 0.3) is 0 Å². The second kappa shape index (κ2) is 7.95. The maximum atomic E-state index is 12.5. The van der Waals surface area contributed by atoms with Gasteiger partial charge in [0.05, 0.1) is 6.10 Å². The summed E-state index contributed by atoms with van der Waals surface area (Å²) in [6.45, 7) is 0.709. The Kier molecular flexibility index (Phi) is 8.17. The van der Waals surface area contributed by atoms with Crippen molar-refractivity contribution in [3.05, 3.63) is 23.8 Å². The molecule has 0 aliphatic heterocycles. The number of hydrogen-bond donors (Lipinski definition) is 0. The Balaban J connectivity index is 0.00000289. The molecule has 0 unspecified atom stereocenters. The van der Waals surface area contributed by atoms with Crippen LogP contribution in [-0.2, 0) is 0 Å². The Morgan fingerprint density at radius 1 is 1.17 bits per heavy atom. The van der Waals surface area contributed by atoms with Crippen molar-refractivity contribution in [2.24, 2.45) is 0 Å². The molecule has 0 spiro atoms. The van der Waals surface area contributed by atoms with E-state index in [1.54, 1.807) is 6.92 Å². The van der Waals surface area contributed by atoms with Crippen LogP contribution in [0.1, 0.15) is 32.3 Å². The van der Waals surface area contributed by atoms with Crippen LogP contribution in [0.4, 0.5) is 12.9 Å². The molecule has 96 valence electrons. The smallest absolute Gasteiger partial charge is 0.490 e. The quantitative estimate of drug-likeness (QED) is 0.720. The van der Waals surface area contributed by atoms with Crippen LogP contribution in [0.5, 0.6) is 5.75 Å². The van der Waals surface area contributed by atoms with E-state index in [1.165, 1.54) is 6.07 Å². The first-order valence-electron chi connectivity index (χ1n) is 5.85. The Hall–Kier alpha value is 0.511. The van der Waals surface area contributed by atoms with Crippen LogP contribution in [0.2, 0.25) is 0 Å². The molecule has 0 heterocycles. The van der Waals surface area contributed by atoms with Crippen molar-refractivity contribution in [3.8, 4) is 5.75 Å². The molecule has 0 aliphatic carbocycles. The van der Waals surface area contributed by atoms with Crippen molar-refractivity contribution in [1.29, 1.82) is 0 Å². The molecule has 0 bridgehead atoms. The number of hydrogen-bond acceptors (Lipinski definition) is 1. The topological polar surface area (TPSA) is 9.23 Å². The monoisotopic (exact) mass is 284 g/mol. The fraction of sp³-hybridized carbons (Fsp3) is 0.500. The Morgan fingerprint density at radius 3 is 2.11 bits per heavy atom. The van der Waals surface area contributed by atoms with Gasteiger partial charge in [-0.15, -0.1) is 5.46 Å². The average Bonchev–Trinajstić information content (AvgIpc) is 2.26. The maximum Gasteiger partial charge on any atom is 1.00 e. The van der Waals surface area contributed by atoms with Gasteiger partial charge in [0.1, 0.15) is 5.75 Å². The van der Waals surface area contributed by atoms with E-state index in [-0.39, 0.29) is 57.5 Å². The summed E-state index contributed by atoms with van der Waals surface area (Å²) in [5, 5.41) is 0. The van der Waals surface area contributed by atoms with Crippen LogP contribution in [0.15, 0.2) is 18.2 Å². The summed E-state index contributed by atoms with van der Waals surface area (Å²) in [6.07, 6.45) is 1.76. The predicted octanol–water partition coefficient (Wildman–Crippen LogP) is 0.621. The fourth-order valence-corrected chi connectivity index (χ4v) is 1.64. The number of ether oxygens (including phenoxy) is 1. The third kappa shape index (κ3) is 5.25. The van der Waals surface area contributed by atoms with Gasteiger partial charge < -0.3 is 17.7 Å². The van der Waals surface area contributed by atoms with E-state index in [9.17, 15) is 12.9 Å². The molecule has 1 nitrogen and oxygen atoms in total. The van der Waals surface area contributed by atoms with E-state index in [0.717, 1.165) is 25.0 Å². The van der Waals surface area contributed by atoms with Gasteiger partial charge in [-0.2, -0.15) is 0 Å². The number of aryl methyl sites for hydroxylation is 1. The summed E-state index contributed by atoms with van der Waals surface area (Å²) in [5.41, 5.74) is -0.0343. The zero-order valence-corrected chi connectivity index (χ0v) is 14.5. The van der Waals surface area contributed by atoms with E-state index in [1.807, 2.05) is 13.8 Å². The Morgan fingerprint density at radius 2 is 1.72 bits per heavy atom. The third-order valence-corrected chi connectivity index (χ3v) is 2.78. The van der Waals surface area contributed by atoms with Crippen LogP contribution >= 0.6 is 0 Å². The van der Waals surface area contributed by atoms with Gasteiger partial charge in [-0.05, 0) is 31.4 Å². The molecule has 1 rings (SSSR count). The molecule has 0 aromatic heterocycles. The summed E-state index contributed by atoms with van der Waals surface area (Å²) in [4.78, 5) is 0. The standard InChI is InChI=1S/C12H17BF3O.K/c1-4-11(5-2)17-12-7-6-10(8-9(12)3)13(14,15)16;/h6-8,11H,4-5H2,1-3H3;/q-1;+1. The molecule has 0 saturated carbocycles. The molecular weight excluding hydrogens is 267 g/mol. The second-order valence-electron chi connectivity index (χ2n) is 4.16. The predicted molar refractivity (Wildman–Crippen MR) is 64.9 cm³/mol. The van der Waals surface area contributed by atoms with Crippen molar-refractivity contribution < 1.29 is 69.1 Å². The molecule has 0 saturated heterocycles. The van der Waals surface area contributed by atoms with E-state index in [4.69, 9.17) is 4.74 Å². The molecule has 18 heavy (non-hydrogen) atoms. The molecule has 0 N–H and O–H groups in total. The fourth-order valence-electron chi connectivity index (χ4n) is 1.64. The summed E-state index contributed by atoms with van der Waals surface area (Å²) in [6, 6.07) is 3.65. The zero-order chi connectivity index (χ0) is 13.1. The minimum absolute atomic E-state index is 0. The number of halogens is 3. The number of rotatable bonds is 5. The zero-order valence-electron chi connectivity index (χ0n) is 11.3. The number of benzene rings is 1.